The molecule has 2 aliphatic heterocycles. The molecule has 1 atom stereocenters. The standard InChI is InChI=1S/C27H32FN5O4S/c1-15-9-21-23(30-13-15)22(29)24(38-21)25(34)31-16-10-18-19(28)11-17(12-20(18)36-14-16)32-5-7-33(8-6-32)26(35)37-27(2,3)4/h9,11-13,16H,5-8,10,14,29H2,1-4H3,(H,31,34)/t16-/m1/s1. The number of nitrogens with two attached hydrogens (primary N) is 1. The van der Waals surface area contributed by atoms with Crippen molar-refractivity contribution in [1.29, 1.82) is 0 Å². The third kappa shape index (κ3) is 5.33. The van der Waals surface area contributed by atoms with E-state index < -0.39 is 11.6 Å². The maximum Gasteiger partial charge on any atom is 0.410 e. The molecular weight excluding hydrogens is 509 g/mol. The van der Waals surface area contributed by atoms with E-state index >= 15 is 4.39 Å². The van der Waals surface area contributed by atoms with Gasteiger partial charge in [-0.1, -0.05) is 0 Å². The molecule has 2 amide bonds. The molecule has 0 bridgehead atoms. The van der Waals surface area contributed by atoms with Gasteiger partial charge in [-0.2, -0.15) is 0 Å². The number of amides is 2. The molecule has 0 saturated carbocycles. The van der Waals surface area contributed by atoms with Gasteiger partial charge in [0.15, 0.2) is 0 Å². The molecule has 0 spiro atoms. The second-order valence-electron chi connectivity index (χ2n) is 10.7. The molecule has 38 heavy (non-hydrogen) atoms. The van der Waals surface area contributed by atoms with Gasteiger partial charge in [0.05, 0.1) is 16.4 Å². The summed E-state index contributed by atoms with van der Waals surface area (Å²) < 4.78 is 27.4. The van der Waals surface area contributed by atoms with Crippen LogP contribution in [0.15, 0.2) is 24.4 Å². The lowest BCUT2D eigenvalue weighted by Gasteiger charge is -2.37. The van der Waals surface area contributed by atoms with Gasteiger partial charge >= 0.3 is 6.09 Å². The minimum atomic E-state index is -0.550. The zero-order chi connectivity index (χ0) is 27.2. The molecule has 11 heteroatoms. The first-order chi connectivity index (χ1) is 18.0. The van der Waals surface area contributed by atoms with Crippen LogP contribution in [0.4, 0.5) is 20.6 Å². The van der Waals surface area contributed by atoms with E-state index in [1.165, 1.54) is 17.4 Å². The van der Waals surface area contributed by atoms with Gasteiger partial charge in [-0.05, 0) is 45.4 Å². The van der Waals surface area contributed by atoms with Gasteiger partial charge in [0.1, 0.15) is 34.2 Å². The van der Waals surface area contributed by atoms with Crippen LogP contribution in [0, 0.1) is 12.7 Å². The number of nitrogen functional groups attached to an aromatic ring is 1. The molecule has 0 aliphatic carbocycles. The number of ether oxygens (including phenoxy) is 2. The highest BCUT2D eigenvalue weighted by atomic mass is 32.1. The number of aromatic nitrogens is 1. The quantitative estimate of drug-likeness (QED) is 0.513. The number of piperazine rings is 1. The fourth-order valence-corrected chi connectivity index (χ4v) is 5.77. The smallest absolute Gasteiger partial charge is 0.410 e. The van der Waals surface area contributed by atoms with E-state index in [-0.39, 0.29) is 24.4 Å². The predicted molar refractivity (Wildman–Crippen MR) is 146 cm³/mol. The highest BCUT2D eigenvalue weighted by molar-refractivity contribution is 7.21. The van der Waals surface area contributed by atoms with Crippen molar-refractivity contribution in [2.24, 2.45) is 0 Å². The van der Waals surface area contributed by atoms with E-state index in [2.05, 4.69) is 10.3 Å². The summed E-state index contributed by atoms with van der Waals surface area (Å²) in [4.78, 5) is 33.8. The fourth-order valence-electron chi connectivity index (χ4n) is 4.68. The summed E-state index contributed by atoms with van der Waals surface area (Å²) in [7, 11) is 0. The van der Waals surface area contributed by atoms with Gasteiger partial charge in [-0.15, -0.1) is 11.3 Å². The number of fused-ring (bicyclic) bond motifs is 2. The molecule has 1 saturated heterocycles. The minimum absolute atomic E-state index is 0.218. The Hall–Kier alpha value is -3.60. The molecule has 1 fully saturated rings. The van der Waals surface area contributed by atoms with Crippen LogP contribution in [0.2, 0.25) is 0 Å². The second kappa shape index (κ2) is 9.94. The molecule has 5 rings (SSSR count). The number of carbonyl (C=O) groups is 2. The normalized spacial score (nSPS) is 17.7. The van der Waals surface area contributed by atoms with Crippen LogP contribution in [0.3, 0.4) is 0 Å². The first-order valence-corrected chi connectivity index (χ1v) is 13.4. The molecule has 0 unspecified atom stereocenters. The highest BCUT2D eigenvalue weighted by Gasteiger charge is 2.30. The van der Waals surface area contributed by atoms with Gasteiger partial charge in [0.2, 0.25) is 0 Å². The summed E-state index contributed by atoms with van der Waals surface area (Å²) >= 11 is 1.29. The number of rotatable bonds is 3. The number of hydrogen-bond acceptors (Lipinski definition) is 8. The fraction of sp³-hybridized carbons (Fsp3) is 0.444. The van der Waals surface area contributed by atoms with Gasteiger partial charge < -0.3 is 30.3 Å². The third-order valence-electron chi connectivity index (χ3n) is 6.57. The Morgan fingerprint density at radius 1 is 1.21 bits per heavy atom. The monoisotopic (exact) mass is 541 g/mol. The van der Waals surface area contributed by atoms with Crippen molar-refractivity contribution in [3.8, 4) is 5.75 Å². The molecule has 3 aromatic rings. The first-order valence-electron chi connectivity index (χ1n) is 12.6. The van der Waals surface area contributed by atoms with Crippen molar-refractivity contribution in [3.63, 3.8) is 0 Å². The van der Waals surface area contributed by atoms with Crippen molar-refractivity contribution in [2.75, 3.05) is 43.4 Å². The number of pyridine rings is 1. The number of anilines is 2. The molecular formula is C27H32FN5O4S. The van der Waals surface area contributed by atoms with Crippen molar-refractivity contribution in [3.05, 3.63) is 46.2 Å². The second-order valence-corrected chi connectivity index (χ2v) is 11.8. The lowest BCUT2D eigenvalue weighted by Crippen LogP contribution is -2.50. The number of benzene rings is 1. The molecule has 9 nitrogen and oxygen atoms in total. The maximum absolute atomic E-state index is 15.2. The van der Waals surface area contributed by atoms with Gasteiger partial charge in [-0.25, -0.2) is 9.18 Å². The average molecular weight is 542 g/mol. The zero-order valence-corrected chi connectivity index (χ0v) is 22.8. The number of halogens is 1. The van der Waals surface area contributed by atoms with Crippen molar-refractivity contribution < 1.29 is 23.5 Å². The minimum Gasteiger partial charge on any atom is -0.491 e. The number of aryl methyl sites for hydroxylation is 1. The zero-order valence-electron chi connectivity index (χ0n) is 22.0. The summed E-state index contributed by atoms with van der Waals surface area (Å²) in [5.41, 5.74) is 8.73. The summed E-state index contributed by atoms with van der Waals surface area (Å²) in [5.74, 6) is -0.228. The Balaban J connectivity index is 1.23. The molecule has 1 aromatic carbocycles. The maximum atomic E-state index is 15.2. The van der Waals surface area contributed by atoms with Crippen molar-refractivity contribution in [1.82, 2.24) is 15.2 Å². The van der Waals surface area contributed by atoms with Crippen LogP contribution in [0.5, 0.6) is 5.75 Å². The van der Waals surface area contributed by atoms with Crippen LogP contribution in [-0.2, 0) is 11.2 Å². The first kappa shape index (κ1) is 26.0. The number of hydrogen-bond donors (Lipinski definition) is 2. The van der Waals surface area contributed by atoms with E-state index in [0.29, 0.717) is 65.7 Å². The van der Waals surface area contributed by atoms with E-state index in [1.54, 1.807) is 11.1 Å². The molecule has 4 heterocycles. The Morgan fingerprint density at radius 3 is 2.66 bits per heavy atom. The van der Waals surface area contributed by atoms with Crippen LogP contribution >= 0.6 is 11.3 Å². The summed E-state index contributed by atoms with van der Waals surface area (Å²) in [6.07, 6.45) is 1.69. The largest absolute Gasteiger partial charge is 0.491 e. The topological polar surface area (TPSA) is 110 Å². The van der Waals surface area contributed by atoms with Crippen molar-refractivity contribution >= 4 is 44.9 Å². The molecule has 3 N–H and O–H groups in total. The Morgan fingerprint density at radius 2 is 1.95 bits per heavy atom. The molecule has 2 aromatic heterocycles. The highest BCUT2D eigenvalue weighted by Crippen LogP contribution is 2.35. The van der Waals surface area contributed by atoms with E-state index in [4.69, 9.17) is 15.2 Å². The van der Waals surface area contributed by atoms with E-state index in [0.717, 1.165) is 10.3 Å². The van der Waals surface area contributed by atoms with Crippen LogP contribution in [-0.4, -0.2) is 66.3 Å². The lowest BCUT2D eigenvalue weighted by atomic mass is 10.0. The Labute approximate surface area is 224 Å². The van der Waals surface area contributed by atoms with E-state index in [1.807, 2.05) is 44.7 Å². The molecule has 0 radical (unpaired) electrons. The number of thiophene rings is 1. The number of carbonyl (C=O) groups excluding carboxylic acids is 2. The van der Waals surface area contributed by atoms with Crippen LogP contribution in [0.1, 0.15) is 41.6 Å². The molecule has 202 valence electrons. The summed E-state index contributed by atoms with van der Waals surface area (Å²) in [6, 6.07) is 4.88. The van der Waals surface area contributed by atoms with Crippen molar-refractivity contribution in [2.45, 2.75) is 45.8 Å². The van der Waals surface area contributed by atoms with Gasteiger partial charge in [0, 0.05) is 56.1 Å². The average Bonchev–Trinajstić information content (AvgIpc) is 3.19. The SMILES string of the molecule is Cc1cnc2c(N)c(C(=O)N[C@H]3COc4cc(N5CCN(C(=O)OC(C)(C)C)CC5)cc(F)c4C3)sc2c1. The lowest BCUT2D eigenvalue weighted by molar-refractivity contribution is 0.0240. The third-order valence-corrected chi connectivity index (χ3v) is 7.71. The Kier molecular flexibility index (Phi) is 6.81. The van der Waals surface area contributed by atoms with Gasteiger partial charge in [-0.3, -0.25) is 9.78 Å². The predicted octanol–water partition coefficient (Wildman–Crippen LogP) is 4.12. The summed E-state index contributed by atoms with van der Waals surface area (Å²) in [5, 5.41) is 2.94. The van der Waals surface area contributed by atoms with Crippen LogP contribution < -0.4 is 20.7 Å². The van der Waals surface area contributed by atoms with E-state index in [9.17, 15) is 9.59 Å². The van der Waals surface area contributed by atoms with Crippen LogP contribution in [0.25, 0.3) is 10.2 Å². The summed E-state index contributed by atoms with van der Waals surface area (Å²) in [6.45, 7) is 9.75. The Bertz CT molecular complexity index is 1390. The number of nitrogens with zero attached hydrogens (tertiary/aromatic N) is 3. The van der Waals surface area contributed by atoms with Gasteiger partial charge in [0.25, 0.3) is 5.91 Å². The molecule has 2 aliphatic rings. The number of nitrogens with one attached hydrogen (secondary N) is 1.